The Hall–Kier alpha value is -0.910. The third kappa shape index (κ3) is 2.11. The van der Waals surface area contributed by atoms with Gasteiger partial charge in [-0.25, -0.2) is 0 Å². The van der Waals surface area contributed by atoms with Gasteiger partial charge < -0.3 is 15.7 Å². The Morgan fingerprint density at radius 3 is 2.88 bits per heavy atom. The number of carbonyl (C=O) groups excluding carboxylic acids is 1. The highest BCUT2D eigenvalue weighted by Gasteiger charge is 2.29. The molecule has 1 aromatic rings. The van der Waals surface area contributed by atoms with Gasteiger partial charge in [-0.3, -0.25) is 4.79 Å². The predicted molar refractivity (Wildman–Crippen MR) is 65.0 cm³/mol. The van der Waals surface area contributed by atoms with Crippen molar-refractivity contribution in [3.05, 3.63) is 28.2 Å². The van der Waals surface area contributed by atoms with Crippen molar-refractivity contribution in [3.8, 4) is 0 Å². The molecule has 1 aromatic carbocycles. The fourth-order valence-electron chi connectivity index (χ4n) is 1.91. The van der Waals surface area contributed by atoms with E-state index < -0.39 is 0 Å². The van der Waals surface area contributed by atoms with E-state index in [1.54, 1.807) is 4.90 Å². The lowest BCUT2D eigenvalue weighted by atomic mass is 10.1. The Morgan fingerprint density at radius 1 is 1.56 bits per heavy atom. The summed E-state index contributed by atoms with van der Waals surface area (Å²) in [4.78, 5) is 13.3. The largest absolute Gasteiger partial charge is 0.392 e. The summed E-state index contributed by atoms with van der Waals surface area (Å²) < 4.78 is 0.885. The number of rotatable bonds is 2. The fourth-order valence-corrected chi connectivity index (χ4v) is 2.32. The van der Waals surface area contributed by atoms with Crippen LogP contribution in [0.4, 0.5) is 5.69 Å². The number of aliphatic hydroxyl groups excluding tert-OH is 1. The van der Waals surface area contributed by atoms with E-state index in [1.165, 1.54) is 0 Å². The smallest absolute Gasteiger partial charge is 0.228 e. The molecule has 5 heteroatoms. The summed E-state index contributed by atoms with van der Waals surface area (Å²) in [6, 6.07) is 5.38. The van der Waals surface area contributed by atoms with Crippen molar-refractivity contribution < 1.29 is 9.90 Å². The zero-order valence-electron chi connectivity index (χ0n) is 8.69. The van der Waals surface area contributed by atoms with E-state index in [-0.39, 0.29) is 18.6 Å². The van der Waals surface area contributed by atoms with Crippen LogP contribution < -0.4 is 10.6 Å². The molecule has 1 atom stereocenters. The molecule has 86 valence electrons. The number of benzene rings is 1. The van der Waals surface area contributed by atoms with Crippen molar-refractivity contribution >= 4 is 27.5 Å². The van der Waals surface area contributed by atoms with Crippen LogP contribution in [0, 0.1) is 0 Å². The van der Waals surface area contributed by atoms with Crippen LogP contribution >= 0.6 is 15.9 Å². The number of amides is 1. The lowest BCUT2D eigenvalue weighted by molar-refractivity contribution is -0.117. The Bertz CT molecular complexity index is 422. The summed E-state index contributed by atoms with van der Waals surface area (Å²) in [6.07, 6.45) is 0.376. The first-order valence-electron chi connectivity index (χ1n) is 5.07. The van der Waals surface area contributed by atoms with Gasteiger partial charge in [-0.15, -0.1) is 0 Å². The molecule has 4 nitrogen and oxygen atoms in total. The number of carbonyl (C=O) groups is 1. The van der Waals surface area contributed by atoms with E-state index in [2.05, 4.69) is 15.9 Å². The van der Waals surface area contributed by atoms with E-state index >= 15 is 0 Å². The molecule has 0 spiro atoms. The van der Waals surface area contributed by atoms with Crippen molar-refractivity contribution in [2.24, 2.45) is 5.73 Å². The molecule has 0 aliphatic carbocycles. The zero-order valence-corrected chi connectivity index (χ0v) is 10.3. The lowest BCUT2D eigenvalue weighted by Crippen LogP contribution is -2.28. The predicted octanol–water partition coefficient (Wildman–Crippen LogP) is 1.01. The number of hydrogen-bond donors (Lipinski definition) is 2. The standard InChI is InChI=1S/C11H13BrN2O2/c12-8-1-2-10(7(3-8)6-15)14-5-9(13)4-11(14)16/h1-3,9,15H,4-6,13H2. The minimum absolute atomic E-state index is 0.0181. The summed E-state index contributed by atoms with van der Waals surface area (Å²) in [7, 11) is 0. The Labute approximate surface area is 102 Å². The molecule has 1 heterocycles. The van der Waals surface area contributed by atoms with Gasteiger partial charge in [0.2, 0.25) is 5.91 Å². The van der Waals surface area contributed by atoms with Crippen molar-refractivity contribution in [2.45, 2.75) is 19.1 Å². The molecular weight excluding hydrogens is 272 g/mol. The molecule has 2 rings (SSSR count). The summed E-state index contributed by atoms with van der Waals surface area (Å²) in [5.41, 5.74) is 7.23. The van der Waals surface area contributed by atoms with Crippen LogP contribution in [0.25, 0.3) is 0 Å². The quantitative estimate of drug-likeness (QED) is 0.852. The highest BCUT2D eigenvalue weighted by atomic mass is 79.9. The molecule has 0 aromatic heterocycles. The van der Waals surface area contributed by atoms with Gasteiger partial charge in [0.15, 0.2) is 0 Å². The van der Waals surface area contributed by atoms with Gasteiger partial charge in [-0.05, 0) is 18.2 Å². The highest BCUT2D eigenvalue weighted by molar-refractivity contribution is 9.10. The molecule has 1 unspecified atom stereocenters. The molecule has 16 heavy (non-hydrogen) atoms. The van der Waals surface area contributed by atoms with Crippen molar-refractivity contribution in [1.82, 2.24) is 0 Å². The molecule has 1 aliphatic heterocycles. The van der Waals surface area contributed by atoms with Crippen LogP contribution in [-0.4, -0.2) is 23.6 Å². The van der Waals surface area contributed by atoms with Gasteiger partial charge >= 0.3 is 0 Å². The minimum Gasteiger partial charge on any atom is -0.392 e. The summed E-state index contributed by atoms with van der Waals surface area (Å²) in [6.45, 7) is 0.432. The molecular formula is C11H13BrN2O2. The molecule has 0 bridgehead atoms. The first-order chi connectivity index (χ1) is 7.61. The van der Waals surface area contributed by atoms with Crippen LogP contribution in [0.3, 0.4) is 0 Å². The molecule has 1 amide bonds. The Morgan fingerprint density at radius 2 is 2.31 bits per heavy atom. The van der Waals surface area contributed by atoms with Gasteiger partial charge in [-0.1, -0.05) is 15.9 Å². The summed E-state index contributed by atoms with van der Waals surface area (Å²) in [5, 5.41) is 9.27. The maximum Gasteiger partial charge on any atom is 0.228 e. The van der Waals surface area contributed by atoms with Gasteiger partial charge in [0, 0.05) is 34.7 Å². The SMILES string of the molecule is NC1CC(=O)N(c2ccc(Br)cc2CO)C1. The molecule has 0 saturated carbocycles. The maximum atomic E-state index is 11.7. The molecule has 1 aliphatic rings. The fraction of sp³-hybridized carbons (Fsp3) is 0.364. The third-order valence-corrected chi connectivity index (χ3v) is 3.15. The third-order valence-electron chi connectivity index (χ3n) is 2.66. The van der Waals surface area contributed by atoms with Crippen LogP contribution in [0.15, 0.2) is 22.7 Å². The molecule has 3 N–H and O–H groups in total. The number of anilines is 1. The van der Waals surface area contributed by atoms with Gasteiger partial charge in [0.05, 0.1) is 6.61 Å². The van der Waals surface area contributed by atoms with E-state index in [0.717, 1.165) is 15.7 Å². The first kappa shape index (κ1) is 11.6. The molecule has 1 fully saturated rings. The number of hydrogen-bond acceptors (Lipinski definition) is 3. The number of aliphatic hydroxyl groups is 1. The van der Waals surface area contributed by atoms with Crippen LogP contribution in [0.5, 0.6) is 0 Å². The lowest BCUT2D eigenvalue weighted by Gasteiger charge is -2.19. The van der Waals surface area contributed by atoms with Crippen molar-refractivity contribution in [1.29, 1.82) is 0 Å². The van der Waals surface area contributed by atoms with Crippen LogP contribution in [-0.2, 0) is 11.4 Å². The van der Waals surface area contributed by atoms with Crippen LogP contribution in [0.1, 0.15) is 12.0 Å². The van der Waals surface area contributed by atoms with Crippen molar-refractivity contribution in [3.63, 3.8) is 0 Å². The van der Waals surface area contributed by atoms with Crippen molar-refractivity contribution in [2.75, 3.05) is 11.4 Å². The van der Waals surface area contributed by atoms with E-state index in [4.69, 9.17) is 5.73 Å². The Balaban J connectivity index is 2.36. The van der Waals surface area contributed by atoms with Gasteiger partial charge in [0.25, 0.3) is 0 Å². The van der Waals surface area contributed by atoms with Gasteiger partial charge in [0.1, 0.15) is 0 Å². The summed E-state index contributed by atoms with van der Waals surface area (Å²) >= 11 is 3.33. The number of nitrogens with zero attached hydrogens (tertiary/aromatic N) is 1. The highest BCUT2D eigenvalue weighted by Crippen LogP contribution is 2.27. The van der Waals surface area contributed by atoms with E-state index in [1.807, 2.05) is 18.2 Å². The minimum atomic E-state index is -0.109. The second-order valence-electron chi connectivity index (χ2n) is 3.90. The second kappa shape index (κ2) is 4.53. The summed E-state index contributed by atoms with van der Waals surface area (Å²) in [5.74, 6) is 0.0181. The number of nitrogens with two attached hydrogens (primary N) is 1. The van der Waals surface area contributed by atoms with Crippen LogP contribution in [0.2, 0.25) is 0 Å². The molecule has 0 radical (unpaired) electrons. The first-order valence-corrected chi connectivity index (χ1v) is 5.86. The maximum absolute atomic E-state index is 11.7. The van der Waals surface area contributed by atoms with Gasteiger partial charge in [-0.2, -0.15) is 0 Å². The topological polar surface area (TPSA) is 66.6 Å². The van der Waals surface area contributed by atoms with E-state index in [0.29, 0.717) is 13.0 Å². The molecule has 1 saturated heterocycles. The Kier molecular flexibility index (Phi) is 3.28. The normalized spacial score (nSPS) is 20.6. The average molecular weight is 285 g/mol. The number of halogens is 1. The second-order valence-corrected chi connectivity index (χ2v) is 4.82. The van der Waals surface area contributed by atoms with E-state index in [9.17, 15) is 9.90 Å². The zero-order chi connectivity index (χ0) is 11.7. The average Bonchev–Trinajstić information content (AvgIpc) is 2.57. The monoisotopic (exact) mass is 284 g/mol.